The number of carbonyl (C=O) groups excluding carboxylic acids is 2. The van der Waals surface area contributed by atoms with E-state index < -0.39 is 17.6 Å². The SMILES string of the molecule is O=C(NCCCc1ccc(Cl)c(Cl)c1)C1=C(O)C(=O)N(Cc2nc3ccccc3s2)C1. The van der Waals surface area contributed by atoms with E-state index in [1.165, 1.54) is 16.2 Å². The minimum absolute atomic E-state index is 0.0548. The van der Waals surface area contributed by atoms with Gasteiger partial charge in [0.05, 0.1) is 38.9 Å². The third-order valence-corrected chi connectivity index (χ3v) is 6.73. The molecular formula is C22H19Cl2N3O3S. The molecule has 0 radical (unpaired) electrons. The van der Waals surface area contributed by atoms with Crippen LogP contribution in [0.15, 0.2) is 53.8 Å². The highest BCUT2D eigenvalue weighted by molar-refractivity contribution is 7.18. The van der Waals surface area contributed by atoms with Crippen molar-refractivity contribution >= 4 is 56.6 Å². The number of rotatable bonds is 7. The number of amides is 2. The molecular weight excluding hydrogens is 457 g/mol. The maximum absolute atomic E-state index is 12.5. The molecule has 0 bridgehead atoms. The van der Waals surface area contributed by atoms with Crippen molar-refractivity contribution in [1.29, 1.82) is 0 Å². The Morgan fingerprint density at radius 1 is 1.19 bits per heavy atom. The lowest BCUT2D eigenvalue weighted by molar-refractivity contribution is -0.128. The van der Waals surface area contributed by atoms with Crippen molar-refractivity contribution < 1.29 is 14.7 Å². The maximum Gasteiger partial charge on any atom is 0.289 e. The number of aryl methyl sites for hydroxylation is 1. The molecule has 6 nitrogen and oxygen atoms in total. The number of carbonyl (C=O) groups is 2. The number of hydrogen-bond donors (Lipinski definition) is 2. The van der Waals surface area contributed by atoms with E-state index in [4.69, 9.17) is 23.2 Å². The van der Waals surface area contributed by atoms with Gasteiger partial charge in [0.1, 0.15) is 5.01 Å². The molecule has 9 heteroatoms. The summed E-state index contributed by atoms with van der Waals surface area (Å²) in [6.45, 7) is 0.706. The summed E-state index contributed by atoms with van der Waals surface area (Å²) >= 11 is 13.4. The number of halogens is 2. The number of aliphatic hydroxyl groups excluding tert-OH is 1. The van der Waals surface area contributed by atoms with Gasteiger partial charge in [-0.05, 0) is 42.7 Å². The quantitative estimate of drug-likeness (QED) is 0.492. The Balaban J connectivity index is 1.30. The summed E-state index contributed by atoms with van der Waals surface area (Å²) in [5, 5.41) is 14.7. The number of nitrogens with one attached hydrogen (secondary N) is 1. The monoisotopic (exact) mass is 475 g/mol. The fourth-order valence-electron chi connectivity index (χ4n) is 3.37. The first-order valence-electron chi connectivity index (χ1n) is 9.70. The minimum Gasteiger partial charge on any atom is -0.503 e. The van der Waals surface area contributed by atoms with E-state index >= 15 is 0 Å². The van der Waals surface area contributed by atoms with Gasteiger partial charge in [-0.3, -0.25) is 9.59 Å². The van der Waals surface area contributed by atoms with Crippen LogP contribution < -0.4 is 5.32 Å². The molecule has 0 saturated carbocycles. The van der Waals surface area contributed by atoms with E-state index in [-0.39, 0.29) is 18.7 Å². The van der Waals surface area contributed by atoms with Gasteiger partial charge in [-0.15, -0.1) is 11.3 Å². The molecule has 1 aliphatic heterocycles. The molecule has 1 aromatic heterocycles. The maximum atomic E-state index is 12.5. The fourth-order valence-corrected chi connectivity index (χ4v) is 4.67. The van der Waals surface area contributed by atoms with Crippen molar-refractivity contribution in [2.45, 2.75) is 19.4 Å². The molecule has 2 aromatic carbocycles. The lowest BCUT2D eigenvalue weighted by Gasteiger charge is -2.14. The molecule has 0 fully saturated rings. The third-order valence-electron chi connectivity index (χ3n) is 4.97. The minimum atomic E-state index is -0.555. The van der Waals surface area contributed by atoms with Gasteiger partial charge in [-0.1, -0.05) is 41.4 Å². The van der Waals surface area contributed by atoms with E-state index in [0.717, 1.165) is 20.8 Å². The van der Waals surface area contributed by atoms with Crippen LogP contribution in [0.2, 0.25) is 10.0 Å². The van der Waals surface area contributed by atoms with E-state index in [2.05, 4.69) is 10.3 Å². The lowest BCUT2D eigenvalue weighted by Crippen LogP contribution is -2.30. The van der Waals surface area contributed by atoms with Crippen LogP contribution in [0, 0.1) is 0 Å². The first-order valence-corrected chi connectivity index (χ1v) is 11.3. The van der Waals surface area contributed by atoms with E-state index in [1.807, 2.05) is 30.3 Å². The average Bonchev–Trinajstić information content (AvgIpc) is 3.29. The van der Waals surface area contributed by atoms with Gasteiger partial charge in [0, 0.05) is 6.54 Å². The molecule has 0 atom stereocenters. The van der Waals surface area contributed by atoms with Crippen LogP contribution in [-0.4, -0.2) is 39.9 Å². The van der Waals surface area contributed by atoms with Gasteiger partial charge in [-0.2, -0.15) is 0 Å². The second-order valence-electron chi connectivity index (χ2n) is 7.17. The second-order valence-corrected chi connectivity index (χ2v) is 9.10. The van der Waals surface area contributed by atoms with Gasteiger partial charge < -0.3 is 15.3 Å². The zero-order chi connectivity index (χ0) is 22.0. The molecule has 160 valence electrons. The van der Waals surface area contributed by atoms with Crippen LogP contribution in [0.1, 0.15) is 17.0 Å². The van der Waals surface area contributed by atoms with E-state index in [9.17, 15) is 14.7 Å². The van der Waals surface area contributed by atoms with Crippen molar-refractivity contribution in [3.63, 3.8) is 0 Å². The van der Waals surface area contributed by atoms with Crippen molar-refractivity contribution in [3.8, 4) is 0 Å². The number of thiazole rings is 1. The first kappa shape index (κ1) is 21.6. The summed E-state index contributed by atoms with van der Waals surface area (Å²) in [5.74, 6) is -1.49. The van der Waals surface area contributed by atoms with Crippen LogP contribution in [0.5, 0.6) is 0 Å². The lowest BCUT2D eigenvalue weighted by atomic mass is 10.1. The van der Waals surface area contributed by atoms with Crippen molar-refractivity contribution in [1.82, 2.24) is 15.2 Å². The molecule has 2 amide bonds. The Bertz CT molecular complexity index is 1160. The molecule has 2 N–H and O–H groups in total. The highest BCUT2D eigenvalue weighted by atomic mass is 35.5. The van der Waals surface area contributed by atoms with Gasteiger partial charge in [0.2, 0.25) is 0 Å². The summed E-state index contributed by atoms with van der Waals surface area (Å²) in [4.78, 5) is 30.8. The topological polar surface area (TPSA) is 82.5 Å². The Morgan fingerprint density at radius 2 is 2.00 bits per heavy atom. The molecule has 1 aliphatic rings. The number of fused-ring (bicyclic) bond motifs is 1. The second kappa shape index (κ2) is 9.26. The Labute approximate surface area is 193 Å². The highest BCUT2D eigenvalue weighted by Crippen LogP contribution is 2.26. The molecule has 0 spiro atoms. The first-order chi connectivity index (χ1) is 14.9. The van der Waals surface area contributed by atoms with E-state index in [0.29, 0.717) is 29.4 Å². The molecule has 0 saturated heterocycles. The Hall–Kier alpha value is -2.61. The zero-order valence-electron chi connectivity index (χ0n) is 16.4. The number of aliphatic hydroxyl groups is 1. The Kier molecular flexibility index (Phi) is 6.46. The fraction of sp³-hybridized carbons (Fsp3) is 0.227. The number of hydrogen-bond acceptors (Lipinski definition) is 5. The normalized spacial score (nSPS) is 14.0. The number of benzene rings is 2. The molecule has 31 heavy (non-hydrogen) atoms. The van der Waals surface area contributed by atoms with Crippen LogP contribution >= 0.6 is 34.5 Å². The van der Waals surface area contributed by atoms with Gasteiger partial charge in [0.25, 0.3) is 11.8 Å². The zero-order valence-corrected chi connectivity index (χ0v) is 18.7. The standard InChI is InChI=1S/C22H19Cl2N3O3S/c23-15-8-7-13(10-16(15)24)4-3-9-25-21(29)14-11-27(22(30)20(14)28)12-19-26-17-5-1-2-6-18(17)31-19/h1-2,5-8,10,28H,3-4,9,11-12H2,(H,25,29). The van der Waals surface area contributed by atoms with Gasteiger partial charge >= 0.3 is 0 Å². The predicted molar refractivity (Wildman–Crippen MR) is 122 cm³/mol. The summed E-state index contributed by atoms with van der Waals surface area (Å²) in [6.07, 6.45) is 1.39. The largest absolute Gasteiger partial charge is 0.503 e. The highest BCUT2D eigenvalue weighted by Gasteiger charge is 2.34. The van der Waals surface area contributed by atoms with Gasteiger partial charge in [-0.25, -0.2) is 4.98 Å². The smallest absolute Gasteiger partial charge is 0.289 e. The van der Waals surface area contributed by atoms with Crippen LogP contribution in [0.4, 0.5) is 0 Å². The average molecular weight is 476 g/mol. The molecule has 2 heterocycles. The summed E-state index contributed by atoms with van der Waals surface area (Å²) < 4.78 is 1.03. The van der Waals surface area contributed by atoms with Crippen molar-refractivity contribution in [2.75, 3.05) is 13.1 Å². The number of aromatic nitrogens is 1. The molecule has 0 aliphatic carbocycles. The van der Waals surface area contributed by atoms with Crippen LogP contribution in [0.3, 0.4) is 0 Å². The summed E-state index contributed by atoms with van der Waals surface area (Å²) in [6, 6.07) is 13.1. The Morgan fingerprint density at radius 3 is 2.77 bits per heavy atom. The molecule has 0 unspecified atom stereocenters. The summed E-state index contributed by atoms with van der Waals surface area (Å²) in [7, 11) is 0. The van der Waals surface area contributed by atoms with Crippen molar-refractivity contribution in [3.05, 3.63) is 74.4 Å². The number of nitrogens with zero attached hydrogens (tertiary/aromatic N) is 2. The molecule has 3 aromatic rings. The number of para-hydroxylation sites is 1. The van der Waals surface area contributed by atoms with Gasteiger partial charge in [0.15, 0.2) is 5.76 Å². The predicted octanol–water partition coefficient (Wildman–Crippen LogP) is 4.51. The van der Waals surface area contributed by atoms with Crippen molar-refractivity contribution in [2.24, 2.45) is 0 Å². The van der Waals surface area contributed by atoms with E-state index in [1.54, 1.807) is 12.1 Å². The molecule has 4 rings (SSSR count). The third kappa shape index (κ3) is 4.84. The summed E-state index contributed by atoms with van der Waals surface area (Å²) in [5.41, 5.74) is 1.97. The van der Waals surface area contributed by atoms with Crippen LogP contribution in [0.25, 0.3) is 10.2 Å². The van der Waals surface area contributed by atoms with Crippen LogP contribution in [-0.2, 0) is 22.6 Å².